The molecule has 1 atom stereocenters. The van der Waals surface area contributed by atoms with E-state index in [9.17, 15) is 17.8 Å². The molecule has 5 nitrogen and oxygen atoms in total. The van der Waals surface area contributed by atoms with Crippen LogP contribution in [-0.2, 0) is 59.6 Å². The Morgan fingerprint density at radius 1 is 1.17 bits per heavy atom. The van der Waals surface area contributed by atoms with Crippen molar-refractivity contribution in [1.29, 1.82) is 0 Å². The number of hydrogen-bond donors (Lipinski definition) is 1. The second kappa shape index (κ2) is 14.0. The predicted octanol–water partition coefficient (Wildman–Crippen LogP) is -1.06. The van der Waals surface area contributed by atoms with Gasteiger partial charge in [-0.1, -0.05) is 19.3 Å². The van der Waals surface area contributed by atoms with Crippen molar-refractivity contribution < 1.29 is 66.8 Å². The molecule has 1 aromatic rings. The van der Waals surface area contributed by atoms with Gasteiger partial charge < -0.3 is 35.1 Å². The molecule has 10 heteroatoms. The normalized spacial score (nSPS) is 11.8. The second-order valence-corrected chi connectivity index (χ2v) is 7.34. The number of anilines is 1. The van der Waals surface area contributed by atoms with Gasteiger partial charge in [0, 0.05) is 12.1 Å². The first-order valence-corrected chi connectivity index (χ1v) is 9.38. The van der Waals surface area contributed by atoms with Crippen molar-refractivity contribution in [3.63, 3.8) is 0 Å². The van der Waals surface area contributed by atoms with E-state index in [-0.39, 0.29) is 65.1 Å². The standard InChI is InChI=1S/C14H21NO4S3.Na.Zn/c16-14(4-2-1-3-12(21)9-10-20)15-11-5-7-13(8-6-11)22(17,18)19;;/h5-8,12,20-21H,1-4,9-10H2,(H,15,16)(H,17,18,19);;/q;+1;+2/p-3. The summed E-state index contributed by atoms with van der Waals surface area (Å²) < 4.78 is 32.4. The van der Waals surface area contributed by atoms with Gasteiger partial charge in [0.05, 0.1) is 4.90 Å². The largest absolute Gasteiger partial charge is 2.00 e. The molecule has 0 radical (unpaired) electrons. The minimum absolute atomic E-state index is 0. The van der Waals surface area contributed by atoms with Crippen LogP contribution >= 0.6 is 0 Å². The maximum absolute atomic E-state index is 11.7. The van der Waals surface area contributed by atoms with Crippen molar-refractivity contribution in [3.05, 3.63) is 24.3 Å². The van der Waals surface area contributed by atoms with Gasteiger partial charge in [-0.15, -0.1) is 0 Å². The Labute approximate surface area is 189 Å². The van der Waals surface area contributed by atoms with Gasteiger partial charge in [0.15, 0.2) is 0 Å². The summed E-state index contributed by atoms with van der Waals surface area (Å²) in [4.78, 5) is 11.4. The van der Waals surface area contributed by atoms with E-state index in [4.69, 9.17) is 25.3 Å². The molecule has 0 aliphatic carbocycles. The Morgan fingerprint density at radius 3 is 2.25 bits per heavy atom. The number of benzene rings is 1. The minimum Gasteiger partial charge on any atom is -0.793 e. The Hall–Kier alpha value is 0.923. The molecule has 0 aromatic heterocycles. The maximum atomic E-state index is 11.7. The molecule has 0 fully saturated rings. The molecule has 0 spiro atoms. The third-order valence-corrected chi connectivity index (χ3v) is 4.60. The number of carbonyl (C=O) groups is 1. The summed E-state index contributed by atoms with van der Waals surface area (Å²) in [6, 6.07) is 5.14. The Balaban J connectivity index is 0. The molecule has 1 rings (SSSR count). The smallest absolute Gasteiger partial charge is 0.793 e. The fourth-order valence-corrected chi connectivity index (χ4v) is 3.05. The molecule has 0 saturated heterocycles. The van der Waals surface area contributed by atoms with Crippen LogP contribution in [0.4, 0.5) is 5.69 Å². The van der Waals surface area contributed by atoms with Crippen molar-refractivity contribution in [1.82, 2.24) is 0 Å². The van der Waals surface area contributed by atoms with Crippen molar-refractivity contribution in [2.24, 2.45) is 0 Å². The van der Waals surface area contributed by atoms with Crippen LogP contribution < -0.4 is 34.9 Å². The van der Waals surface area contributed by atoms with Crippen LogP contribution in [0.25, 0.3) is 0 Å². The number of carbonyl (C=O) groups excluding carboxylic acids is 1. The van der Waals surface area contributed by atoms with Gasteiger partial charge in [0.2, 0.25) is 5.91 Å². The molecular formula is C14H18NNaO4S3Zn. The molecule has 1 unspecified atom stereocenters. The minimum atomic E-state index is -4.46. The van der Waals surface area contributed by atoms with Crippen molar-refractivity contribution >= 4 is 47.0 Å². The maximum Gasteiger partial charge on any atom is 2.00 e. The van der Waals surface area contributed by atoms with Crippen molar-refractivity contribution in [3.8, 4) is 0 Å². The molecule has 0 saturated carbocycles. The molecule has 24 heavy (non-hydrogen) atoms. The van der Waals surface area contributed by atoms with Gasteiger partial charge in [-0.2, -0.15) is 11.0 Å². The van der Waals surface area contributed by atoms with Crippen molar-refractivity contribution in [2.45, 2.75) is 42.2 Å². The number of hydrogen-bond acceptors (Lipinski definition) is 6. The Kier molecular flexibility index (Phi) is 15.9. The topological polar surface area (TPSA) is 86.3 Å². The summed E-state index contributed by atoms with van der Waals surface area (Å²) >= 11 is 10.1. The van der Waals surface area contributed by atoms with Crippen molar-refractivity contribution in [2.75, 3.05) is 11.1 Å². The van der Waals surface area contributed by atoms with E-state index in [1.807, 2.05) is 0 Å². The number of rotatable bonds is 9. The average molecular weight is 449 g/mol. The van der Waals surface area contributed by atoms with E-state index in [0.29, 0.717) is 17.9 Å². The number of nitrogens with one attached hydrogen (secondary N) is 1. The van der Waals surface area contributed by atoms with Crippen LogP contribution in [0.15, 0.2) is 29.2 Å². The van der Waals surface area contributed by atoms with Crippen LogP contribution in [0.2, 0.25) is 0 Å². The van der Waals surface area contributed by atoms with E-state index in [0.717, 1.165) is 25.7 Å². The summed E-state index contributed by atoms with van der Waals surface area (Å²) in [6.45, 7) is 0. The first-order valence-electron chi connectivity index (χ1n) is 6.92. The number of amides is 1. The quantitative estimate of drug-likeness (QED) is 0.224. The van der Waals surface area contributed by atoms with Crippen LogP contribution in [-0.4, -0.2) is 29.9 Å². The zero-order valence-corrected chi connectivity index (χ0v) is 21.1. The molecule has 1 N–H and O–H groups in total. The molecule has 1 amide bonds. The van der Waals surface area contributed by atoms with Crippen LogP contribution in [0.5, 0.6) is 0 Å². The van der Waals surface area contributed by atoms with Gasteiger partial charge in [0.25, 0.3) is 0 Å². The van der Waals surface area contributed by atoms with E-state index < -0.39 is 10.1 Å². The van der Waals surface area contributed by atoms with Gasteiger partial charge in [-0.25, -0.2) is 8.42 Å². The van der Waals surface area contributed by atoms with E-state index in [1.165, 1.54) is 24.3 Å². The molecular weight excluding hydrogens is 431 g/mol. The van der Waals surface area contributed by atoms with Gasteiger partial charge >= 0.3 is 49.0 Å². The van der Waals surface area contributed by atoms with E-state index >= 15 is 0 Å². The predicted molar refractivity (Wildman–Crippen MR) is 89.5 cm³/mol. The first kappa shape index (κ1) is 27.1. The zero-order chi connectivity index (χ0) is 16.6. The molecule has 0 bridgehead atoms. The van der Waals surface area contributed by atoms with Crippen LogP contribution in [0.3, 0.4) is 0 Å². The fraction of sp³-hybridized carbons (Fsp3) is 0.500. The summed E-state index contributed by atoms with van der Waals surface area (Å²) in [5.74, 6) is 0.519. The first-order chi connectivity index (χ1) is 10.3. The molecule has 0 aliphatic heterocycles. The Morgan fingerprint density at radius 2 is 1.75 bits per heavy atom. The summed E-state index contributed by atoms with van der Waals surface area (Å²) in [6.07, 6.45) is 3.73. The van der Waals surface area contributed by atoms with Crippen LogP contribution in [0.1, 0.15) is 32.1 Å². The second-order valence-electron chi connectivity index (χ2n) is 4.89. The monoisotopic (exact) mass is 447 g/mol. The molecule has 0 aliphatic rings. The Bertz CT molecular complexity index is 584. The van der Waals surface area contributed by atoms with E-state index in [2.05, 4.69) is 5.32 Å². The fourth-order valence-electron chi connectivity index (χ4n) is 1.86. The van der Waals surface area contributed by atoms with Gasteiger partial charge in [0.1, 0.15) is 10.1 Å². The van der Waals surface area contributed by atoms with Crippen LogP contribution in [0, 0.1) is 0 Å². The average Bonchev–Trinajstić information content (AvgIpc) is 2.43. The summed E-state index contributed by atoms with van der Waals surface area (Å²) in [5, 5.41) is 2.84. The SMILES string of the molecule is O=C(CCCCC([S-])CC[S-])Nc1ccc(S(=O)(=O)[O-])cc1.[Na+].[Zn+2]. The summed E-state index contributed by atoms with van der Waals surface area (Å²) in [5.41, 5.74) is 0.463. The molecule has 1 aromatic carbocycles. The third-order valence-electron chi connectivity index (χ3n) is 3.05. The number of unbranched alkanes of at least 4 members (excludes halogenated alkanes) is 1. The molecule has 124 valence electrons. The zero-order valence-electron chi connectivity index (χ0n) is 13.7. The van der Waals surface area contributed by atoms with Gasteiger partial charge in [-0.05, 0) is 30.7 Å². The molecule has 0 heterocycles. The van der Waals surface area contributed by atoms with E-state index in [1.54, 1.807) is 0 Å². The van der Waals surface area contributed by atoms with Gasteiger partial charge in [-0.3, -0.25) is 4.79 Å². The summed E-state index contributed by atoms with van der Waals surface area (Å²) in [7, 11) is -4.46. The third kappa shape index (κ3) is 11.5.